The number of allylic oxidation sites excluding steroid dienone is 3. The second-order valence-corrected chi connectivity index (χ2v) is 8.96. The lowest BCUT2D eigenvalue weighted by Gasteiger charge is -2.35. The minimum Gasteiger partial charge on any atom is -0.378 e. The number of aromatic nitrogens is 2. The van der Waals surface area contributed by atoms with E-state index in [0.717, 1.165) is 12.8 Å². The third-order valence-electron chi connectivity index (χ3n) is 6.79. The molecular weight excluding hydrogens is 438 g/mol. The second-order valence-electron chi connectivity index (χ2n) is 8.96. The molecule has 8 heteroatoms. The largest absolute Gasteiger partial charge is 0.378 e. The van der Waals surface area contributed by atoms with Gasteiger partial charge in [-0.25, -0.2) is 18.7 Å². The Morgan fingerprint density at radius 2 is 1.88 bits per heavy atom. The number of carbonyl (C=O) groups is 1. The lowest BCUT2D eigenvalue weighted by Crippen LogP contribution is -2.41. The number of piperidine rings is 1. The van der Waals surface area contributed by atoms with Crippen molar-refractivity contribution in [2.24, 2.45) is 5.92 Å². The van der Waals surface area contributed by atoms with Gasteiger partial charge in [-0.2, -0.15) is 0 Å². The number of hydrogen-bond donors (Lipinski definition) is 0. The van der Waals surface area contributed by atoms with E-state index >= 15 is 0 Å². The molecule has 2 fully saturated rings. The van der Waals surface area contributed by atoms with Crippen LogP contribution in [0, 0.1) is 11.7 Å². The van der Waals surface area contributed by atoms with Gasteiger partial charge >= 0.3 is 0 Å². The fraction of sp³-hybridized carbons (Fsp3) is 0.423. The Balaban J connectivity index is 1.46. The average molecular weight is 467 g/mol. The Bertz CT molecular complexity index is 1130. The van der Waals surface area contributed by atoms with Crippen LogP contribution in [0.1, 0.15) is 36.0 Å². The predicted molar refractivity (Wildman–Crippen MR) is 126 cm³/mol. The van der Waals surface area contributed by atoms with Gasteiger partial charge in [0.05, 0.1) is 24.5 Å². The van der Waals surface area contributed by atoms with Crippen LogP contribution in [0.3, 0.4) is 0 Å². The molecule has 0 spiro atoms. The quantitative estimate of drug-likeness (QED) is 0.662. The highest BCUT2D eigenvalue weighted by Crippen LogP contribution is 2.33. The van der Waals surface area contributed by atoms with E-state index in [1.165, 1.54) is 23.9 Å². The monoisotopic (exact) mass is 466 g/mol. The first-order chi connectivity index (χ1) is 16.6. The summed E-state index contributed by atoms with van der Waals surface area (Å²) in [6.45, 7) is 3.60. The number of amides is 1. The van der Waals surface area contributed by atoms with Crippen LogP contribution >= 0.6 is 0 Å². The number of carbonyl (C=O) groups excluding carboxylic acids is 1. The normalized spacial score (nSPS) is 21.2. The van der Waals surface area contributed by atoms with Crippen LogP contribution in [0.2, 0.25) is 0 Å². The topological polar surface area (TPSA) is 58.6 Å². The SMILES string of the molecule is O=C(c1cnc(N2CCOCC2)nc1-c1ccccc1F)N1CCCC(C2=CC=C(F)CC2)C1. The molecule has 1 aromatic carbocycles. The van der Waals surface area contributed by atoms with Gasteiger partial charge in [-0.15, -0.1) is 0 Å². The van der Waals surface area contributed by atoms with E-state index < -0.39 is 5.82 Å². The summed E-state index contributed by atoms with van der Waals surface area (Å²) < 4.78 is 33.7. The van der Waals surface area contributed by atoms with Gasteiger partial charge in [0.25, 0.3) is 5.91 Å². The van der Waals surface area contributed by atoms with Crippen molar-refractivity contribution >= 4 is 11.9 Å². The number of benzene rings is 1. The summed E-state index contributed by atoms with van der Waals surface area (Å²) in [6.07, 6.45) is 7.87. The van der Waals surface area contributed by atoms with Crippen molar-refractivity contribution in [2.45, 2.75) is 25.7 Å². The molecule has 0 N–H and O–H groups in total. The summed E-state index contributed by atoms with van der Waals surface area (Å²) in [5, 5.41) is 0. The van der Waals surface area contributed by atoms with Gasteiger partial charge in [-0.1, -0.05) is 23.8 Å². The van der Waals surface area contributed by atoms with E-state index in [0.29, 0.717) is 69.4 Å². The minimum absolute atomic E-state index is 0.0977. The van der Waals surface area contributed by atoms with Crippen molar-refractivity contribution in [1.29, 1.82) is 0 Å². The molecule has 1 aromatic heterocycles. The van der Waals surface area contributed by atoms with Gasteiger partial charge in [-0.05, 0) is 43.4 Å². The van der Waals surface area contributed by atoms with Gasteiger partial charge in [-0.3, -0.25) is 4.79 Å². The number of halogens is 2. The van der Waals surface area contributed by atoms with Crippen LogP contribution in [-0.2, 0) is 4.74 Å². The third-order valence-corrected chi connectivity index (χ3v) is 6.79. The second kappa shape index (κ2) is 10.0. The van der Waals surface area contributed by atoms with Crippen LogP contribution in [0.15, 0.2) is 54.0 Å². The lowest BCUT2D eigenvalue weighted by molar-refractivity contribution is 0.0689. The molecule has 3 heterocycles. The molecule has 0 saturated carbocycles. The predicted octanol–water partition coefficient (Wildman–Crippen LogP) is 4.55. The molecule has 3 aliphatic rings. The maximum Gasteiger partial charge on any atom is 0.257 e. The Morgan fingerprint density at radius 3 is 2.65 bits per heavy atom. The molecule has 1 amide bonds. The van der Waals surface area contributed by atoms with E-state index in [9.17, 15) is 13.6 Å². The van der Waals surface area contributed by atoms with Crippen LogP contribution in [0.4, 0.5) is 14.7 Å². The summed E-state index contributed by atoms with van der Waals surface area (Å²) in [4.78, 5) is 26.6. The molecule has 2 aliphatic heterocycles. The van der Waals surface area contributed by atoms with Crippen molar-refractivity contribution < 1.29 is 18.3 Å². The molecule has 1 atom stereocenters. The van der Waals surface area contributed by atoms with E-state index in [-0.39, 0.29) is 23.2 Å². The molecule has 2 aromatic rings. The van der Waals surface area contributed by atoms with Crippen molar-refractivity contribution in [1.82, 2.24) is 14.9 Å². The molecule has 0 bridgehead atoms. The summed E-state index contributed by atoms with van der Waals surface area (Å²) in [5.41, 5.74) is 2.08. The Morgan fingerprint density at radius 1 is 1.06 bits per heavy atom. The van der Waals surface area contributed by atoms with Crippen molar-refractivity contribution in [2.75, 3.05) is 44.3 Å². The summed E-state index contributed by atoms with van der Waals surface area (Å²) in [5.74, 6) is -0.0571. The zero-order chi connectivity index (χ0) is 23.5. The number of rotatable bonds is 4. The van der Waals surface area contributed by atoms with Crippen LogP contribution in [0.5, 0.6) is 0 Å². The minimum atomic E-state index is -0.430. The summed E-state index contributed by atoms with van der Waals surface area (Å²) >= 11 is 0. The van der Waals surface area contributed by atoms with Gasteiger partial charge in [0.1, 0.15) is 11.6 Å². The Hall–Kier alpha value is -3.13. The molecule has 34 heavy (non-hydrogen) atoms. The highest BCUT2D eigenvalue weighted by atomic mass is 19.1. The van der Waals surface area contributed by atoms with Crippen LogP contribution in [0.25, 0.3) is 11.3 Å². The first-order valence-corrected chi connectivity index (χ1v) is 11.9. The lowest BCUT2D eigenvalue weighted by atomic mass is 9.85. The van der Waals surface area contributed by atoms with Gasteiger partial charge in [0, 0.05) is 44.4 Å². The first kappa shape index (κ1) is 22.7. The Kier molecular flexibility index (Phi) is 6.67. The zero-order valence-corrected chi connectivity index (χ0v) is 19.1. The third kappa shape index (κ3) is 4.73. The first-order valence-electron chi connectivity index (χ1n) is 11.9. The van der Waals surface area contributed by atoms with Crippen molar-refractivity contribution in [3.05, 3.63) is 65.4 Å². The van der Waals surface area contributed by atoms with Gasteiger partial charge in [0.15, 0.2) is 0 Å². The van der Waals surface area contributed by atoms with Gasteiger partial charge in [0.2, 0.25) is 5.95 Å². The fourth-order valence-electron chi connectivity index (χ4n) is 4.91. The molecule has 6 nitrogen and oxygen atoms in total. The van der Waals surface area contributed by atoms with E-state index in [1.54, 1.807) is 23.1 Å². The number of nitrogens with zero attached hydrogens (tertiary/aromatic N) is 4. The maximum atomic E-state index is 14.8. The number of anilines is 1. The number of hydrogen-bond acceptors (Lipinski definition) is 5. The summed E-state index contributed by atoms with van der Waals surface area (Å²) in [6, 6.07) is 6.38. The zero-order valence-electron chi connectivity index (χ0n) is 19.1. The molecule has 1 unspecified atom stereocenters. The van der Waals surface area contributed by atoms with Crippen LogP contribution < -0.4 is 4.90 Å². The van der Waals surface area contributed by atoms with E-state index in [2.05, 4.69) is 9.97 Å². The number of morpholine rings is 1. The van der Waals surface area contributed by atoms with Crippen LogP contribution in [-0.4, -0.2) is 60.2 Å². The highest BCUT2D eigenvalue weighted by molar-refractivity contribution is 6.00. The summed E-state index contributed by atoms with van der Waals surface area (Å²) in [7, 11) is 0. The van der Waals surface area contributed by atoms with E-state index in [1.807, 2.05) is 11.0 Å². The van der Waals surface area contributed by atoms with Crippen molar-refractivity contribution in [3.63, 3.8) is 0 Å². The van der Waals surface area contributed by atoms with Crippen molar-refractivity contribution in [3.8, 4) is 11.3 Å². The average Bonchev–Trinajstić information content (AvgIpc) is 2.89. The fourth-order valence-corrected chi connectivity index (χ4v) is 4.91. The van der Waals surface area contributed by atoms with Gasteiger partial charge < -0.3 is 14.5 Å². The Labute approximate surface area is 197 Å². The number of ether oxygens (including phenoxy) is 1. The standard InChI is InChI=1S/C26H28F2N4O2/c27-20-9-7-18(8-10-20)19-4-3-11-32(17-19)25(33)22-16-29-26(31-12-14-34-15-13-31)30-24(22)21-5-1-2-6-23(21)28/h1-2,5-7,9,16,19H,3-4,8,10-15,17H2. The number of likely N-dealkylation sites (tertiary alicyclic amines) is 1. The molecule has 178 valence electrons. The maximum absolute atomic E-state index is 14.8. The molecule has 0 radical (unpaired) electrons. The smallest absolute Gasteiger partial charge is 0.257 e. The molecule has 5 rings (SSSR count). The molecule has 2 saturated heterocycles. The highest BCUT2D eigenvalue weighted by Gasteiger charge is 2.30. The molecular formula is C26H28F2N4O2. The van der Waals surface area contributed by atoms with E-state index in [4.69, 9.17) is 4.74 Å². The molecule has 1 aliphatic carbocycles.